The first-order valence-corrected chi connectivity index (χ1v) is 13.8. The zero-order chi connectivity index (χ0) is 30.5. The van der Waals surface area contributed by atoms with Gasteiger partial charge in [0.05, 0.1) is 43.9 Å². The summed E-state index contributed by atoms with van der Waals surface area (Å²) in [5.74, 6) is -2.50. The third kappa shape index (κ3) is 6.65. The van der Waals surface area contributed by atoms with E-state index in [9.17, 15) is 32.8 Å². The molecule has 3 aliphatic heterocycles. The minimum absolute atomic E-state index is 0.00596. The van der Waals surface area contributed by atoms with E-state index in [1.54, 1.807) is 35.2 Å². The van der Waals surface area contributed by atoms with Crippen molar-refractivity contribution >= 4 is 35.2 Å². The van der Waals surface area contributed by atoms with Crippen molar-refractivity contribution in [3.05, 3.63) is 59.2 Å². The fraction of sp³-hybridized carbons (Fsp3) is 0.414. The average molecular weight is 601 g/mol. The van der Waals surface area contributed by atoms with Gasteiger partial charge in [0.25, 0.3) is 11.8 Å². The molecular formula is C29H30F2N4O8. The molecule has 2 aromatic carbocycles. The lowest BCUT2D eigenvalue weighted by Gasteiger charge is -2.33. The molecule has 2 saturated heterocycles. The lowest BCUT2D eigenvalue weighted by atomic mass is 10.0. The number of nitrogens with one attached hydrogen (secondary N) is 2. The number of amides is 5. The number of carbonyl (C=O) groups excluding carboxylic acids is 5. The largest absolute Gasteiger partial charge is 0.434 e. The summed E-state index contributed by atoms with van der Waals surface area (Å²) in [6.45, 7) is -1.60. The number of imide groups is 2. The number of nitrogens with zero attached hydrogens (tertiary/aromatic N) is 2. The Bertz CT molecular complexity index is 1420. The summed E-state index contributed by atoms with van der Waals surface area (Å²) < 4.78 is 41.5. The molecule has 5 amide bonds. The van der Waals surface area contributed by atoms with Crippen LogP contribution in [-0.2, 0) is 23.9 Å². The van der Waals surface area contributed by atoms with E-state index in [0.717, 1.165) is 4.90 Å². The zero-order valence-electron chi connectivity index (χ0n) is 23.1. The van der Waals surface area contributed by atoms with Crippen molar-refractivity contribution in [1.29, 1.82) is 0 Å². The van der Waals surface area contributed by atoms with Crippen LogP contribution < -0.4 is 15.4 Å². The monoisotopic (exact) mass is 600 g/mol. The van der Waals surface area contributed by atoms with Crippen LogP contribution in [0.1, 0.15) is 51.6 Å². The summed E-state index contributed by atoms with van der Waals surface area (Å²) in [6, 6.07) is 10.0. The van der Waals surface area contributed by atoms with E-state index in [2.05, 4.69) is 15.4 Å². The molecule has 12 nitrogen and oxygen atoms in total. The van der Waals surface area contributed by atoms with Gasteiger partial charge in [-0.3, -0.25) is 34.2 Å². The second-order valence-corrected chi connectivity index (χ2v) is 10.1. The number of benzene rings is 2. The van der Waals surface area contributed by atoms with Crippen LogP contribution in [0.5, 0.6) is 5.75 Å². The zero-order valence-corrected chi connectivity index (χ0v) is 23.1. The molecule has 228 valence electrons. The molecule has 2 atom stereocenters. The van der Waals surface area contributed by atoms with Gasteiger partial charge in [-0.15, -0.1) is 0 Å². The first-order chi connectivity index (χ1) is 20.7. The van der Waals surface area contributed by atoms with Gasteiger partial charge in [-0.05, 0) is 24.6 Å². The predicted molar refractivity (Wildman–Crippen MR) is 145 cm³/mol. The predicted octanol–water partition coefficient (Wildman–Crippen LogP) is 2.11. The van der Waals surface area contributed by atoms with Crippen molar-refractivity contribution in [2.75, 3.05) is 44.8 Å². The number of fused-ring (bicyclic) bond motifs is 1. The van der Waals surface area contributed by atoms with Crippen molar-refractivity contribution in [1.82, 2.24) is 15.1 Å². The number of ether oxygens (including phenoxy) is 3. The molecule has 0 saturated carbocycles. The van der Waals surface area contributed by atoms with E-state index in [4.69, 9.17) is 9.47 Å². The standard InChI is InChI=1S/C29H30F2N4O8/c30-29(31)43-21-7-2-1-4-17(21)22-16-34(12-15-42-22)24(37)10-13-41-14-11-32-19-6-3-5-18-25(19)28(40)35(27(18)39)20-8-9-23(36)33-26(20)38/h1-7,20,22,29,32H,8-16H2,(H,33,36,38). The summed E-state index contributed by atoms with van der Waals surface area (Å²) >= 11 is 0. The Balaban J connectivity index is 1.09. The van der Waals surface area contributed by atoms with Crippen molar-refractivity contribution in [3.63, 3.8) is 0 Å². The van der Waals surface area contributed by atoms with Crippen LogP contribution in [0.15, 0.2) is 42.5 Å². The average Bonchev–Trinajstić information content (AvgIpc) is 3.24. The Morgan fingerprint density at radius 2 is 1.88 bits per heavy atom. The molecule has 2 aromatic rings. The Labute approximate surface area is 245 Å². The Kier molecular flexibility index (Phi) is 9.26. The van der Waals surface area contributed by atoms with Gasteiger partial charge < -0.3 is 24.4 Å². The van der Waals surface area contributed by atoms with Crippen molar-refractivity contribution in [3.8, 4) is 5.75 Å². The molecule has 2 fully saturated rings. The van der Waals surface area contributed by atoms with Gasteiger partial charge >= 0.3 is 6.61 Å². The van der Waals surface area contributed by atoms with E-state index in [-0.39, 0.29) is 75.0 Å². The fourth-order valence-corrected chi connectivity index (χ4v) is 5.35. The normalized spacial score (nSPS) is 20.3. The molecule has 0 spiro atoms. The molecule has 0 aliphatic carbocycles. The lowest BCUT2D eigenvalue weighted by Crippen LogP contribution is -2.54. The molecule has 2 unspecified atom stereocenters. The molecular weight excluding hydrogens is 570 g/mol. The number of morpholine rings is 1. The number of hydrogen-bond acceptors (Lipinski definition) is 9. The van der Waals surface area contributed by atoms with Crippen LogP contribution in [0.25, 0.3) is 0 Å². The van der Waals surface area contributed by atoms with Crippen LogP contribution in [0.3, 0.4) is 0 Å². The summed E-state index contributed by atoms with van der Waals surface area (Å²) in [5, 5.41) is 5.25. The topological polar surface area (TPSA) is 144 Å². The third-order valence-corrected chi connectivity index (χ3v) is 7.39. The van der Waals surface area contributed by atoms with E-state index >= 15 is 0 Å². The molecule has 5 rings (SSSR count). The number of anilines is 1. The maximum absolute atomic E-state index is 13.2. The highest BCUT2D eigenvalue weighted by atomic mass is 19.3. The molecule has 0 bridgehead atoms. The van der Waals surface area contributed by atoms with Gasteiger partial charge in [-0.1, -0.05) is 24.3 Å². The van der Waals surface area contributed by atoms with Crippen LogP contribution in [0, 0.1) is 0 Å². The highest BCUT2D eigenvalue weighted by Crippen LogP contribution is 2.33. The summed E-state index contributed by atoms with van der Waals surface area (Å²) in [7, 11) is 0. The van der Waals surface area contributed by atoms with E-state index in [1.165, 1.54) is 12.1 Å². The third-order valence-electron chi connectivity index (χ3n) is 7.39. The van der Waals surface area contributed by atoms with Gasteiger partial charge in [0, 0.05) is 30.8 Å². The SMILES string of the molecule is O=C1CCC(N2C(=O)c3cccc(NCCOCCC(=O)N4CCOC(c5ccccc5OC(F)F)C4)c3C2=O)C(=O)N1. The number of hydrogen-bond donors (Lipinski definition) is 2. The maximum Gasteiger partial charge on any atom is 0.387 e. The van der Waals surface area contributed by atoms with Crippen LogP contribution in [0.2, 0.25) is 0 Å². The van der Waals surface area contributed by atoms with Gasteiger partial charge in [0.1, 0.15) is 17.9 Å². The molecule has 0 radical (unpaired) electrons. The number of halogens is 2. The minimum Gasteiger partial charge on any atom is -0.434 e. The number of para-hydroxylation sites is 1. The fourth-order valence-electron chi connectivity index (χ4n) is 5.35. The van der Waals surface area contributed by atoms with E-state index in [0.29, 0.717) is 17.8 Å². The summed E-state index contributed by atoms with van der Waals surface area (Å²) in [4.78, 5) is 65.2. The summed E-state index contributed by atoms with van der Waals surface area (Å²) in [5.41, 5.74) is 1.16. The molecule has 3 heterocycles. The van der Waals surface area contributed by atoms with E-state index < -0.39 is 42.4 Å². The Morgan fingerprint density at radius 1 is 1.07 bits per heavy atom. The number of piperidine rings is 1. The smallest absolute Gasteiger partial charge is 0.387 e. The summed E-state index contributed by atoms with van der Waals surface area (Å²) in [6.07, 6.45) is -0.413. The molecule has 14 heteroatoms. The Morgan fingerprint density at radius 3 is 2.67 bits per heavy atom. The number of rotatable bonds is 11. The van der Waals surface area contributed by atoms with Crippen molar-refractivity contribution < 1.29 is 47.0 Å². The Hall–Kier alpha value is -4.43. The molecule has 43 heavy (non-hydrogen) atoms. The van der Waals surface area contributed by atoms with Gasteiger partial charge in [0.15, 0.2) is 0 Å². The first kappa shape index (κ1) is 30.0. The van der Waals surface area contributed by atoms with Gasteiger partial charge in [0.2, 0.25) is 17.7 Å². The van der Waals surface area contributed by atoms with E-state index in [1.807, 2.05) is 0 Å². The van der Waals surface area contributed by atoms with Gasteiger partial charge in [-0.25, -0.2) is 0 Å². The highest BCUT2D eigenvalue weighted by Gasteiger charge is 2.45. The lowest BCUT2D eigenvalue weighted by molar-refractivity contribution is -0.140. The highest BCUT2D eigenvalue weighted by molar-refractivity contribution is 6.25. The maximum atomic E-state index is 13.2. The van der Waals surface area contributed by atoms with Crippen LogP contribution in [-0.4, -0.2) is 91.4 Å². The second-order valence-electron chi connectivity index (χ2n) is 10.1. The van der Waals surface area contributed by atoms with Gasteiger partial charge in [-0.2, -0.15) is 8.78 Å². The second kappa shape index (κ2) is 13.3. The molecule has 0 aromatic heterocycles. The van der Waals surface area contributed by atoms with Crippen molar-refractivity contribution in [2.45, 2.75) is 38.0 Å². The quantitative estimate of drug-likeness (QED) is 0.293. The van der Waals surface area contributed by atoms with Crippen molar-refractivity contribution in [2.24, 2.45) is 0 Å². The first-order valence-electron chi connectivity index (χ1n) is 13.8. The number of alkyl halides is 2. The molecule has 2 N–H and O–H groups in total. The van der Waals surface area contributed by atoms with Crippen LogP contribution >= 0.6 is 0 Å². The van der Waals surface area contributed by atoms with Crippen LogP contribution in [0.4, 0.5) is 14.5 Å². The molecule has 3 aliphatic rings. The number of carbonyl (C=O) groups is 5. The minimum atomic E-state index is -2.98.